The zero-order valence-electron chi connectivity index (χ0n) is 11.8. The standard InChI is InChI=1S/C16H11N3O4/c20-16(21)8-10-7-15(13-3-1-2-6-17-13)18-14-9-11(19(22)23)4-5-12(10)14/h1-7,9H,8H2,(H,20,21). The van der Waals surface area contributed by atoms with Gasteiger partial charge >= 0.3 is 5.97 Å². The van der Waals surface area contributed by atoms with Gasteiger partial charge in [0.2, 0.25) is 0 Å². The summed E-state index contributed by atoms with van der Waals surface area (Å²) < 4.78 is 0. The number of hydrogen-bond acceptors (Lipinski definition) is 5. The first-order valence-corrected chi connectivity index (χ1v) is 6.76. The molecule has 0 radical (unpaired) electrons. The second kappa shape index (κ2) is 5.80. The van der Waals surface area contributed by atoms with E-state index in [4.69, 9.17) is 5.11 Å². The minimum atomic E-state index is -0.983. The number of non-ortho nitro benzene ring substituents is 1. The van der Waals surface area contributed by atoms with Gasteiger partial charge in [0.05, 0.1) is 28.2 Å². The van der Waals surface area contributed by atoms with Crippen molar-refractivity contribution in [2.75, 3.05) is 0 Å². The van der Waals surface area contributed by atoms with E-state index in [1.54, 1.807) is 30.5 Å². The third-order valence-electron chi connectivity index (χ3n) is 3.36. The third kappa shape index (κ3) is 2.98. The molecule has 0 spiro atoms. The van der Waals surface area contributed by atoms with Crippen LogP contribution in [0.3, 0.4) is 0 Å². The number of carbonyl (C=O) groups is 1. The minimum Gasteiger partial charge on any atom is -0.481 e. The fourth-order valence-corrected chi connectivity index (χ4v) is 2.36. The van der Waals surface area contributed by atoms with Gasteiger partial charge in [-0.2, -0.15) is 0 Å². The summed E-state index contributed by atoms with van der Waals surface area (Å²) in [6, 6.07) is 11.2. The number of fused-ring (bicyclic) bond motifs is 1. The molecule has 0 saturated heterocycles. The van der Waals surface area contributed by atoms with Gasteiger partial charge in [-0.05, 0) is 29.8 Å². The average molecular weight is 309 g/mol. The summed E-state index contributed by atoms with van der Waals surface area (Å²) >= 11 is 0. The third-order valence-corrected chi connectivity index (χ3v) is 3.36. The van der Waals surface area contributed by atoms with Crippen LogP contribution in [0.4, 0.5) is 5.69 Å². The summed E-state index contributed by atoms with van der Waals surface area (Å²) in [7, 11) is 0. The quantitative estimate of drug-likeness (QED) is 0.586. The topological polar surface area (TPSA) is 106 Å². The SMILES string of the molecule is O=C(O)Cc1cc(-c2ccccn2)nc2cc([N+](=O)[O-])ccc12. The summed E-state index contributed by atoms with van der Waals surface area (Å²) in [5.74, 6) is -0.983. The van der Waals surface area contributed by atoms with E-state index in [0.717, 1.165) is 0 Å². The molecule has 0 aliphatic rings. The maximum Gasteiger partial charge on any atom is 0.307 e. The van der Waals surface area contributed by atoms with Crippen LogP contribution in [0.25, 0.3) is 22.3 Å². The Hall–Kier alpha value is -3.35. The molecule has 0 aliphatic heterocycles. The molecule has 0 atom stereocenters. The lowest BCUT2D eigenvalue weighted by atomic mass is 10.0. The maximum absolute atomic E-state index is 11.1. The van der Waals surface area contributed by atoms with Crippen molar-refractivity contribution >= 4 is 22.6 Å². The molecule has 0 bridgehead atoms. The Morgan fingerprint density at radius 2 is 2.00 bits per heavy atom. The molecule has 23 heavy (non-hydrogen) atoms. The van der Waals surface area contributed by atoms with Crippen molar-refractivity contribution in [3.05, 3.63) is 64.3 Å². The normalized spacial score (nSPS) is 10.6. The van der Waals surface area contributed by atoms with Crippen LogP contribution in [-0.2, 0) is 11.2 Å². The minimum absolute atomic E-state index is 0.0931. The molecule has 1 N–H and O–H groups in total. The summed E-state index contributed by atoms with van der Waals surface area (Å²) in [4.78, 5) is 30.1. The molecular weight excluding hydrogens is 298 g/mol. The summed E-state index contributed by atoms with van der Waals surface area (Å²) in [6.07, 6.45) is 1.40. The molecule has 0 saturated carbocycles. The molecule has 1 aromatic carbocycles. The van der Waals surface area contributed by atoms with Crippen molar-refractivity contribution in [2.45, 2.75) is 6.42 Å². The number of nitro groups is 1. The number of nitrogens with zero attached hydrogens (tertiary/aromatic N) is 3. The molecule has 0 amide bonds. The van der Waals surface area contributed by atoms with E-state index in [2.05, 4.69) is 9.97 Å². The molecule has 3 aromatic rings. The first-order chi connectivity index (χ1) is 11.0. The average Bonchev–Trinajstić information content (AvgIpc) is 2.54. The Morgan fingerprint density at radius 3 is 2.65 bits per heavy atom. The zero-order chi connectivity index (χ0) is 16.4. The highest BCUT2D eigenvalue weighted by Crippen LogP contribution is 2.27. The monoisotopic (exact) mass is 309 g/mol. The number of aliphatic carboxylic acids is 1. The molecule has 0 fully saturated rings. The predicted octanol–water partition coefficient (Wildman–Crippen LogP) is 2.83. The Bertz CT molecular complexity index is 910. The van der Waals surface area contributed by atoms with E-state index in [0.29, 0.717) is 27.9 Å². The highest BCUT2D eigenvalue weighted by atomic mass is 16.6. The Kier molecular flexibility index (Phi) is 3.68. The van der Waals surface area contributed by atoms with Crippen LogP contribution < -0.4 is 0 Å². The number of pyridine rings is 2. The fraction of sp³-hybridized carbons (Fsp3) is 0.0625. The van der Waals surface area contributed by atoms with E-state index < -0.39 is 10.9 Å². The molecule has 114 valence electrons. The molecule has 7 nitrogen and oxygen atoms in total. The van der Waals surface area contributed by atoms with Crippen molar-refractivity contribution in [1.82, 2.24) is 9.97 Å². The zero-order valence-corrected chi connectivity index (χ0v) is 11.8. The van der Waals surface area contributed by atoms with Crippen molar-refractivity contribution in [2.24, 2.45) is 0 Å². The predicted molar refractivity (Wildman–Crippen MR) is 83.0 cm³/mol. The number of hydrogen-bond donors (Lipinski definition) is 1. The number of carboxylic acids is 1. The number of benzene rings is 1. The van der Waals surface area contributed by atoms with Crippen molar-refractivity contribution in [1.29, 1.82) is 0 Å². The summed E-state index contributed by atoms with van der Waals surface area (Å²) in [5.41, 5.74) is 1.88. The van der Waals surface area contributed by atoms with E-state index >= 15 is 0 Å². The van der Waals surface area contributed by atoms with E-state index in [1.807, 2.05) is 0 Å². The van der Waals surface area contributed by atoms with Gasteiger partial charge < -0.3 is 5.11 Å². The lowest BCUT2D eigenvalue weighted by Gasteiger charge is -2.08. The molecule has 0 aliphatic carbocycles. The number of nitro benzene ring substituents is 1. The Balaban J connectivity index is 2.25. The summed E-state index contributed by atoms with van der Waals surface area (Å²) in [6.45, 7) is 0. The van der Waals surface area contributed by atoms with Crippen molar-refractivity contribution < 1.29 is 14.8 Å². The van der Waals surface area contributed by atoms with Crippen LogP contribution in [0.1, 0.15) is 5.56 Å². The smallest absolute Gasteiger partial charge is 0.307 e. The highest BCUT2D eigenvalue weighted by molar-refractivity contribution is 5.89. The van der Waals surface area contributed by atoms with Gasteiger partial charge in [0.1, 0.15) is 0 Å². The van der Waals surface area contributed by atoms with Gasteiger partial charge in [-0.3, -0.25) is 19.9 Å². The summed E-state index contributed by atoms with van der Waals surface area (Å²) in [5, 5.41) is 20.6. The van der Waals surface area contributed by atoms with Gasteiger partial charge in [0, 0.05) is 23.7 Å². The number of rotatable bonds is 4. The van der Waals surface area contributed by atoms with E-state index in [9.17, 15) is 14.9 Å². The highest BCUT2D eigenvalue weighted by Gasteiger charge is 2.14. The largest absolute Gasteiger partial charge is 0.481 e. The van der Waals surface area contributed by atoms with Gasteiger partial charge in [-0.1, -0.05) is 6.07 Å². The lowest BCUT2D eigenvalue weighted by molar-refractivity contribution is -0.384. The molecular formula is C16H11N3O4. The van der Waals surface area contributed by atoms with Gasteiger partial charge in [0.15, 0.2) is 0 Å². The molecule has 0 unspecified atom stereocenters. The van der Waals surface area contributed by atoms with Gasteiger partial charge in [-0.25, -0.2) is 4.98 Å². The van der Waals surface area contributed by atoms with Crippen LogP contribution in [0, 0.1) is 10.1 Å². The Morgan fingerprint density at radius 1 is 1.17 bits per heavy atom. The van der Waals surface area contributed by atoms with Crippen LogP contribution in [0.15, 0.2) is 48.7 Å². The molecule has 3 rings (SSSR count). The van der Waals surface area contributed by atoms with Gasteiger partial charge in [-0.15, -0.1) is 0 Å². The van der Waals surface area contributed by atoms with E-state index in [-0.39, 0.29) is 12.1 Å². The van der Waals surface area contributed by atoms with Crippen molar-refractivity contribution in [3.8, 4) is 11.4 Å². The van der Waals surface area contributed by atoms with Crippen LogP contribution in [-0.4, -0.2) is 26.0 Å². The van der Waals surface area contributed by atoms with E-state index in [1.165, 1.54) is 18.2 Å². The van der Waals surface area contributed by atoms with Gasteiger partial charge in [0.25, 0.3) is 5.69 Å². The second-order valence-electron chi connectivity index (χ2n) is 4.91. The molecule has 7 heteroatoms. The van der Waals surface area contributed by atoms with Crippen molar-refractivity contribution in [3.63, 3.8) is 0 Å². The fourth-order valence-electron chi connectivity index (χ4n) is 2.36. The molecule has 2 aromatic heterocycles. The Labute approximate surface area is 130 Å². The second-order valence-corrected chi connectivity index (χ2v) is 4.91. The lowest BCUT2D eigenvalue weighted by Crippen LogP contribution is -2.03. The first kappa shape index (κ1) is 14.6. The van der Waals surface area contributed by atoms with Crippen LogP contribution >= 0.6 is 0 Å². The maximum atomic E-state index is 11.1. The van der Waals surface area contributed by atoms with Crippen LogP contribution in [0.5, 0.6) is 0 Å². The number of carboxylic acid groups (broad SMARTS) is 1. The first-order valence-electron chi connectivity index (χ1n) is 6.76. The molecule has 2 heterocycles. The number of aromatic nitrogens is 2. The van der Waals surface area contributed by atoms with Crippen LogP contribution in [0.2, 0.25) is 0 Å².